The number of aromatic nitrogens is 2. The SMILES string of the molecule is O=C(O)c1cc(F)ccc1NC(=O)c1n[nH]c2ccccc12. The van der Waals surface area contributed by atoms with Gasteiger partial charge in [-0.2, -0.15) is 5.10 Å². The number of carboxylic acid groups (broad SMARTS) is 1. The number of benzene rings is 2. The van der Waals surface area contributed by atoms with Crippen molar-refractivity contribution in [1.82, 2.24) is 10.2 Å². The highest BCUT2D eigenvalue weighted by Crippen LogP contribution is 2.20. The zero-order valence-electron chi connectivity index (χ0n) is 11.1. The maximum absolute atomic E-state index is 13.1. The minimum atomic E-state index is -1.33. The molecular formula is C15H10FN3O3. The van der Waals surface area contributed by atoms with E-state index in [2.05, 4.69) is 15.5 Å². The molecule has 0 bridgehead atoms. The van der Waals surface area contributed by atoms with Crippen LogP contribution in [0.25, 0.3) is 10.9 Å². The van der Waals surface area contributed by atoms with Crippen molar-refractivity contribution in [2.24, 2.45) is 0 Å². The van der Waals surface area contributed by atoms with Crippen molar-refractivity contribution >= 4 is 28.5 Å². The fraction of sp³-hybridized carbons (Fsp3) is 0. The molecule has 2 aromatic carbocycles. The van der Waals surface area contributed by atoms with E-state index in [1.54, 1.807) is 24.3 Å². The number of H-pyrrole nitrogens is 1. The van der Waals surface area contributed by atoms with Crippen molar-refractivity contribution in [2.75, 3.05) is 5.32 Å². The van der Waals surface area contributed by atoms with E-state index >= 15 is 0 Å². The Bertz CT molecular complexity index is 889. The molecule has 1 amide bonds. The summed E-state index contributed by atoms with van der Waals surface area (Å²) in [6, 6.07) is 10.2. The number of para-hydroxylation sites is 1. The first-order valence-electron chi connectivity index (χ1n) is 6.33. The molecule has 110 valence electrons. The number of carboxylic acids is 1. The van der Waals surface area contributed by atoms with Gasteiger partial charge in [0.2, 0.25) is 0 Å². The van der Waals surface area contributed by atoms with Gasteiger partial charge in [-0.1, -0.05) is 18.2 Å². The molecule has 0 saturated carbocycles. The van der Waals surface area contributed by atoms with Gasteiger partial charge in [-0.15, -0.1) is 0 Å². The summed E-state index contributed by atoms with van der Waals surface area (Å²) in [5.74, 6) is -2.60. The minimum absolute atomic E-state index is 0.00554. The minimum Gasteiger partial charge on any atom is -0.478 e. The summed E-state index contributed by atoms with van der Waals surface area (Å²) in [5.41, 5.74) is 0.501. The third-order valence-corrected chi connectivity index (χ3v) is 3.15. The predicted molar refractivity (Wildman–Crippen MR) is 77.4 cm³/mol. The zero-order valence-corrected chi connectivity index (χ0v) is 11.1. The molecule has 1 heterocycles. The van der Waals surface area contributed by atoms with Gasteiger partial charge < -0.3 is 10.4 Å². The van der Waals surface area contributed by atoms with Crippen LogP contribution < -0.4 is 5.32 Å². The van der Waals surface area contributed by atoms with Crippen LogP contribution in [0.2, 0.25) is 0 Å². The normalized spacial score (nSPS) is 10.6. The van der Waals surface area contributed by atoms with E-state index in [0.29, 0.717) is 10.9 Å². The molecule has 3 aromatic rings. The van der Waals surface area contributed by atoms with Crippen LogP contribution in [0.5, 0.6) is 0 Å². The molecule has 3 N–H and O–H groups in total. The Hall–Kier alpha value is -3.22. The number of carbonyl (C=O) groups is 2. The van der Waals surface area contributed by atoms with Crippen LogP contribution in [-0.4, -0.2) is 27.2 Å². The molecule has 0 aliphatic rings. The molecule has 0 aliphatic heterocycles. The fourth-order valence-electron chi connectivity index (χ4n) is 2.12. The zero-order chi connectivity index (χ0) is 15.7. The van der Waals surface area contributed by atoms with Gasteiger partial charge in [0, 0.05) is 5.39 Å². The number of amides is 1. The number of aromatic amines is 1. The standard InChI is InChI=1S/C15H10FN3O3/c16-8-5-6-11(10(7-8)15(21)22)17-14(20)13-9-3-1-2-4-12(9)18-19-13/h1-7H,(H,17,20)(H,18,19)(H,21,22). The van der Waals surface area contributed by atoms with Gasteiger partial charge >= 0.3 is 5.97 Å². The number of hydrogen-bond donors (Lipinski definition) is 3. The molecule has 7 heteroatoms. The second-order valence-electron chi connectivity index (χ2n) is 4.57. The number of hydrogen-bond acceptors (Lipinski definition) is 3. The molecule has 0 unspecified atom stereocenters. The van der Waals surface area contributed by atoms with Gasteiger partial charge in [0.25, 0.3) is 5.91 Å². The number of nitrogens with one attached hydrogen (secondary N) is 2. The molecule has 0 fully saturated rings. The van der Waals surface area contributed by atoms with Crippen LogP contribution in [0, 0.1) is 5.82 Å². The molecule has 1 aromatic heterocycles. The lowest BCUT2D eigenvalue weighted by atomic mass is 10.1. The Balaban J connectivity index is 1.97. The Kier molecular flexibility index (Phi) is 3.30. The number of aromatic carboxylic acids is 1. The summed E-state index contributed by atoms with van der Waals surface area (Å²) in [6.07, 6.45) is 0. The highest BCUT2D eigenvalue weighted by atomic mass is 19.1. The Morgan fingerprint density at radius 1 is 1.18 bits per heavy atom. The van der Waals surface area contributed by atoms with E-state index < -0.39 is 17.7 Å². The maximum atomic E-state index is 13.1. The number of nitrogens with zero attached hydrogens (tertiary/aromatic N) is 1. The fourth-order valence-corrected chi connectivity index (χ4v) is 2.12. The summed E-state index contributed by atoms with van der Waals surface area (Å²) in [5, 5.41) is 18.8. The number of fused-ring (bicyclic) bond motifs is 1. The smallest absolute Gasteiger partial charge is 0.337 e. The maximum Gasteiger partial charge on any atom is 0.337 e. The average Bonchev–Trinajstić information content (AvgIpc) is 2.93. The number of anilines is 1. The first kappa shape index (κ1) is 13.7. The van der Waals surface area contributed by atoms with Crippen molar-refractivity contribution in [3.63, 3.8) is 0 Å². The predicted octanol–water partition coefficient (Wildman–Crippen LogP) is 2.65. The van der Waals surface area contributed by atoms with Gasteiger partial charge in [-0.25, -0.2) is 9.18 Å². The monoisotopic (exact) mass is 299 g/mol. The molecule has 3 rings (SSSR count). The summed E-state index contributed by atoms with van der Waals surface area (Å²) in [4.78, 5) is 23.4. The summed E-state index contributed by atoms with van der Waals surface area (Å²) in [6.45, 7) is 0. The largest absolute Gasteiger partial charge is 0.478 e. The van der Waals surface area contributed by atoms with E-state index in [-0.39, 0.29) is 16.9 Å². The van der Waals surface area contributed by atoms with E-state index in [4.69, 9.17) is 5.11 Å². The highest BCUT2D eigenvalue weighted by molar-refractivity contribution is 6.12. The third-order valence-electron chi connectivity index (χ3n) is 3.15. The number of rotatable bonds is 3. The van der Waals surface area contributed by atoms with Crippen LogP contribution >= 0.6 is 0 Å². The van der Waals surface area contributed by atoms with Crippen molar-refractivity contribution in [2.45, 2.75) is 0 Å². The summed E-state index contributed by atoms with van der Waals surface area (Å²) in [7, 11) is 0. The molecule has 0 radical (unpaired) electrons. The topological polar surface area (TPSA) is 95.1 Å². The molecule has 0 saturated heterocycles. The van der Waals surface area contributed by atoms with Gasteiger partial charge in [-0.3, -0.25) is 9.89 Å². The van der Waals surface area contributed by atoms with Crippen LogP contribution in [0.15, 0.2) is 42.5 Å². The van der Waals surface area contributed by atoms with Gasteiger partial charge in [0.05, 0.1) is 16.8 Å². The second-order valence-corrected chi connectivity index (χ2v) is 4.57. The lowest BCUT2D eigenvalue weighted by Crippen LogP contribution is -2.15. The Morgan fingerprint density at radius 3 is 2.73 bits per heavy atom. The van der Waals surface area contributed by atoms with E-state index in [9.17, 15) is 14.0 Å². The lowest BCUT2D eigenvalue weighted by Gasteiger charge is -2.07. The van der Waals surface area contributed by atoms with Crippen molar-refractivity contribution in [3.8, 4) is 0 Å². The Labute approximate surface area is 123 Å². The van der Waals surface area contributed by atoms with Crippen LogP contribution in [0.1, 0.15) is 20.8 Å². The van der Waals surface area contributed by atoms with Gasteiger partial charge in [0.1, 0.15) is 5.82 Å². The second kappa shape index (κ2) is 5.28. The van der Waals surface area contributed by atoms with E-state index in [0.717, 1.165) is 12.1 Å². The lowest BCUT2D eigenvalue weighted by molar-refractivity contribution is 0.0697. The molecule has 0 spiro atoms. The number of halogens is 1. The van der Waals surface area contributed by atoms with Crippen molar-refractivity contribution in [1.29, 1.82) is 0 Å². The van der Waals surface area contributed by atoms with E-state index in [1.165, 1.54) is 6.07 Å². The summed E-state index contributed by atoms with van der Waals surface area (Å²) < 4.78 is 13.1. The molecule has 22 heavy (non-hydrogen) atoms. The van der Waals surface area contributed by atoms with Crippen LogP contribution in [0.4, 0.5) is 10.1 Å². The first-order chi connectivity index (χ1) is 10.6. The molecule has 6 nitrogen and oxygen atoms in total. The van der Waals surface area contributed by atoms with Crippen LogP contribution in [-0.2, 0) is 0 Å². The van der Waals surface area contributed by atoms with Gasteiger partial charge in [0.15, 0.2) is 5.69 Å². The molecular weight excluding hydrogens is 289 g/mol. The van der Waals surface area contributed by atoms with Gasteiger partial charge in [-0.05, 0) is 24.3 Å². The van der Waals surface area contributed by atoms with E-state index in [1.807, 2.05) is 0 Å². The third kappa shape index (κ3) is 2.39. The van der Waals surface area contributed by atoms with Crippen molar-refractivity contribution in [3.05, 3.63) is 59.5 Å². The highest BCUT2D eigenvalue weighted by Gasteiger charge is 2.18. The van der Waals surface area contributed by atoms with Crippen LogP contribution in [0.3, 0.4) is 0 Å². The average molecular weight is 299 g/mol. The first-order valence-corrected chi connectivity index (χ1v) is 6.33. The number of carbonyl (C=O) groups excluding carboxylic acids is 1. The quantitative estimate of drug-likeness (QED) is 0.693. The summed E-state index contributed by atoms with van der Waals surface area (Å²) >= 11 is 0. The molecule has 0 aliphatic carbocycles. The molecule has 0 atom stereocenters. The van der Waals surface area contributed by atoms with Crippen molar-refractivity contribution < 1.29 is 19.1 Å². The Morgan fingerprint density at radius 2 is 1.95 bits per heavy atom.